The molecule has 0 aliphatic carbocycles. The van der Waals surface area contributed by atoms with Crippen LogP contribution in [0.4, 0.5) is 10.5 Å². The van der Waals surface area contributed by atoms with Crippen molar-refractivity contribution >= 4 is 52.8 Å². The van der Waals surface area contributed by atoms with E-state index in [1.165, 1.54) is 17.3 Å². The molecule has 2 aliphatic heterocycles. The van der Waals surface area contributed by atoms with Gasteiger partial charge < -0.3 is 20.1 Å². The third-order valence-electron chi connectivity index (χ3n) is 8.28. The third kappa shape index (κ3) is 9.81. The van der Waals surface area contributed by atoms with Crippen LogP contribution in [0.15, 0.2) is 36.7 Å². The van der Waals surface area contributed by atoms with Crippen molar-refractivity contribution in [2.45, 2.75) is 91.0 Å². The molecule has 0 unspecified atom stereocenters. The van der Waals surface area contributed by atoms with Crippen LogP contribution in [-0.2, 0) is 25.5 Å². The molecule has 2 N–H and O–H groups in total. The maximum absolute atomic E-state index is 13.9. The van der Waals surface area contributed by atoms with Gasteiger partial charge in [0.25, 0.3) is 5.91 Å². The molecule has 4 rings (SSSR count). The average molecular weight is 691 g/mol. The minimum absolute atomic E-state index is 0.0152. The molecule has 1 aromatic carbocycles. The summed E-state index contributed by atoms with van der Waals surface area (Å²) in [5.41, 5.74) is 0.702. The number of piperidine rings is 1. The number of aromatic nitrogens is 1. The third-order valence-corrected chi connectivity index (χ3v) is 8.85. The van der Waals surface area contributed by atoms with Gasteiger partial charge in [-0.05, 0) is 76.6 Å². The number of likely N-dealkylation sites (tertiary alicyclic amines) is 2. The van der Waals surface area contributed by atoms with Crippen molar-refractivity contribution in [1.29, 1.82) is 0 Å². The van der Waals surface area contributed by atoms with Gasteiger partial charge in [0.05, 0.1) is 22.2 Å². The summed E-state index contributed by atoms with van der Waals surface area (Å²) in [5.74, 6) is -1.52. The van der Waals surface area contributed by atoms with Gasteiger partial charge in [-0.25, -0.2) is 9.59 Å². The quantitative estimate of drug-likeness (QED) is 0.319. The minimum Gasteiger partial charge on any atom is -0.464 e. The number of benzene rings is 1. The Kier molecular flexibility index (Phi) is 11.8. The van der Waals surface area contributed by atoms with E-state index in [2.05, 4.69) is 34.4 Å². The predicted octanol–water partition coefficient (Wildman–Crippen LogP) is 5.73. The average Bonchev–Trinajstić information content (AvgIpc) is 3.43. The highest BCUT2D eigenvalue weighted by Gasteiger charge is 2.45. The molecule has 2 aliphatic rings. The highest BCUT2D eigenvalue weighted by molar-refractivity contribution is 6.40. The van der Waals surface area contributed by atoms with E-state index in [9.17, 15) is 19.2 Å². The molecule has 47 heavy (non-hydrogen) atoms. The molecule has 256 valence electrons. The van der Waals surface area contributed by atoms with Crippen molar-refractivity contribution in [3.05, 3.63) is 57.8 Å². The van der Waals surface area contributed by atoms with E-state index >= 15 is 0 Å². The van der Waals surface area contributed by atoms with Crippen molar-refractivity contribution in [1.82, 2.24) is 20.1 Å². The summed E-state index contributed by atoms with van der Waals surface area (Å²) in [6.45, 7) is 13.8. The number of halogens is 2. The second-order valence-electron chi connectivity index (χ2n) is 13.9. The van der Waals surface area contributed by atoms with Crippen LogP contribution in [0.3, 0.4) is 0 Å². The first-order valence-corrected chi connectivity index (χ1v) is 16.7. The lowest BCUT2D eigenvalue weighted by molar-refractivity contribution is -0.147. The molecule has 0 bridgehead atoms. The van der Waals surface area contributed by atoms with E-state index in [0.717, 1.165) is 25.9 Å². The largest absolute Gasteiger partial charge is 0.464 e. The van der Waals surface area contributed by atoms with E-state index in [-0.39, 0.29) is 40.1 Å². The molecular formula is C34H45Cl2N5O6. The topological polar surface area (TPSA) is 130 Å². The van der Waals surface area contributed by atoms with Crippen molar-refractivity contribution in [2.75, 3.05) is 31.6 Å². The van der Waals surface area contributed by atoms with E-state index in [1.54, 1.807) is 52.0 Å². The first kappa shape index (κ1) is 36.4. The molecule has 11 nitrogen and oxygen atoms in total. The van der Waals surface area contributed by atoms with Gasteiger partial charge in [-0.15, -0.1) is 0 Å². The summed E-state index contributed by atoms with van der Waals surface area (Å²) in [4.78, 5) is 60.8. The Morgan fingerprint density at radius 1 is 1.09 bits per heavy atom. The van der Waals surface area contributed by atoms with Gasteiger partial charge in [-0.2, -0.15) is 0 Å². The van der Waals surface area contributed by atoms with Crippen LogP contribution in [0.2, 0.25) is 10.0 Å². The zero-order valence-electron chi connectivity index (χ0n) is 27.9. The number of hydrogen-bond acceptors (Lipinski definition) is 8. The van der Waals surface area contributed by atoms with E-state index < -0.39 is 41.6 Å². The minimum atomic E-state index is -1.01. The fourth-order valence-corrected chi connectivity index (χ4v) is 6.65. The summed E-state index contributed by atoms with van der Waals surface area (Å²) in [5, 5.41) is 5.87. The maximum Gasteiger partial charge on any atom is 0.411 e. The van der Waals surface area contributed by atoms with Crippen LogP contribution in [0.25, 0.3) is 0 Å². The standard InChI is InChI=1S/C34H45Cl2N5O6/c1-7-46-31(44)26(15-21-9-11-22(12-10-21)38-30(43)28-24(35)17-37-18-25(28)36)39-29(42)27-16-23(40-14-8-13-34(5,6)20-40)19-41(27)32(45)47-33(2,3)4/h9-12,17-18,23,26-27H,7-8,13-16,19-20H2,1-6H3,(H,38,43)(H,39,42)/t23-,26+,27+/m1/s1. The number of pyridine rings is 1. The Morgan fingerprint density at radius 2 is 1.74 bits per heavy atom. The monoisotopic (exact) mass is 689 g/mol. The zero-order chi connectivity index (χ0) is 34.5. The van der Waals surface area contributed by atoms with Gasteiger partial charge >= 0.3 is 12.1 Å². The second kappa shape index (κ2) is 15.2. The number of ether oxygens (including phenoxy) is 2. The molecule has 2 fully saturated rings. The molecule has 3 amide bonds. The number of nitrogens with one attached hydrogen (secondary N) is 2. The fraction of sp³-hybridized carbons (Fsp3) is 0.559. The molecule has 3 atom stereocenters. The summed E-state index contributed by atoms with van der Waals surface area (Å²) in [7, 11) is 0. The van der Waals surface area contributed by atoms with Gasteiger partial charge in [0.15, 0.2) is 0 Å². The Balaban J connectivity index is 1.49. The Bertz CT molecular complexity index is 1440. The number of amides is 3. The maximum atomic E-state index is 13.9. The first-order chi connectivity index (χ1) is 22.1. The lowest BCUT2D eigenvalue weighted by Gasteiger charge is -2.41. The highest BCUT2D eigenvalue weighted by atomic mass is 35.5. The lowest BCUT2D eigenvalue weighted by atomic mass is 9.83. The van der Waals surface area contributed by atoms with Crippen LogP contribution in [0.1, 0.15) is 76.7 Å². The smallest absolute Gasteiger partial charge is 0.411 e. The molecular weight excluding hydrogens is 645 g/mol. The number of nitrogens with zero attached hydrogens (tertiary/aromatic N) is 3. The molecule has 2 aromatic rings. The summed E-state index contributed by atoms with van der Waals surface area (Å²) in [6.07, 6.45) is 4.84. The van der Waals surface area contributed by atoms with Crippen LogP contribution in [-0.4, -0.2) is 88.6 Å². The molecule has 3 heterocycles. The Morgan fingerprint density at radius 3 is 2.34 bits per heavy atom. The van der Waals surface area contributed by atoms with Crippen LogP contribution >= 0.6 is 23.2 Å². The Labute approximate surface area is 286 Å². The van der Waals surface area contributed by atoms with Gasteiger partial charge in [0.1, 0.15) is 17.7 Å². The number of hydrogen-bond donors (Lipinski definition) is 2. The van der Waals surface area contributed by atoms with Crippen molar-refractivity contribution in [3.63, 3.8) is 0 Å². The van der Waals surface area contributed by atoms with E-state index in [4.69, 9.17) is 32.7 Å². The number of rotatable bonds is 9. The molecule has 0 saturated carbocycles. The zero-order valence-corrected chi connectivity index (χ0v) is 29.4. The number of esters is 1. The Hall–Kier alpha value is -3.41. The SMILES string of the molecule is CCOC(=O)[C@H](Cc1ccc(NC(=O)c2c(Cl)cncc2Cl)cc1)NC(=O)[C@@H]1C[C@@H](N2CCCC(C)(C)C2)CN1C(=O)OC(C)(C)C. The number of anilines is 1. The van der Waals surface area contributed by atoms with Gasteiger partial charge in [0.2, 0.25) is 5.91 Å². The van der Waals surface area contributed by atoms with E-state index in [0.29, 0.717) is 24.2 Å². The lowest BCUT2D eigenvalue weighted by Crippen LogP contribution is -2.52. The second-order valence-corrected chi connectivity index (χ2v) is 14.7. The predicted molar refractivity (Wildman–Crippen MR) is 181 cm³/mol. The summed E-state index contributed by atoms with van der Waals surface area (Å²) < 4.78 is 11.0. The molecule has 0 spiro atoms. The van der Waals surface area contributed by atoms with Crippen LogP contribution in [0.5, 0.6) is 0 Å². The molecule has 0 radical (unpaired) electrons. The number of carbonyl (C=O) groups excluding carboxylic acids is 4. The van der Waals surface area contributed by atoms with E-state index in [1.807, 2.05) is 0 Å². The first-order valence-electron chi connectivity index (χ1n) is 16.0. The number of carbonyl (C=O) groups is 4. The van der Waals surface area contributed by atoms with Crippen molar-refractivity contribution in [3.8, 4) is 0 Å². The fourth-order valence-electron chi connectivity index (χ4n) is 6.12. The normalized spacial score (nSPS) is 20.3. The van der Waals surface area contributed by atoms with Crippen molar-refractivity contribution in [2.24, 2.45) is 5.41 Å². The molecule has 1 aromatic heterocycles. The van der Waals surface area contributed by atoms with Crippen molar-refractivity contribution < 1.29 is 28.7 Å². The highest BCUT2D eigenvalue weighted by Crippen LogP contribution is 2.33. The van der Waals surface area contributed by atoms with Crippen LogP contribution in [0, 0.1) is 5.41 Å². The molecule has 2 saturated heterocycles. The van der Waals surface area contributed by atoms with Crippen LogP contribution < -0.4 is 10.6 Å². The van der Waals surface area contributed by atoms with Gasteiger partial charge in [-0.1, -0.05) is 49.2 Å². The summed E-state index contributed by atoms with van der Waals surface area (Å²) >= 11 is 12.2. The summed E-state index contributed by atoms with van der Waals surface area (Å²) in [6, 6.07) is 4.98. The molecule has 13 heteroatoms. The van der Waals surface area contributed by atoms with Gasteiger partial charge in [0, 0.05) is 43.6 Å². The van der Waals surface area contributed by atoms with Gasteiger partial charge in [-0.3, -0.25) is 24.4 Å².